The molecule has 0 saturated heterocycles. The number of hydrogen-bond donors (Lipinski definition) is 2. The number of amides is 1. The van der Waals surface area contributed by atoms with Crippen molar-refractivity contribution >= 4 is 28.5 Å². The summed E-state index contributed by atoms with van der Waals surface area (Å²) in [5.74, 6) is 0.254. The van der Waals surface area contributed by atoms with Crippen LogP contribution in [0.2, 0.25) is 0 Å². The third-order valence-corrected chi connectivity index (χ3v) is 5.91. The lowest BCUT2D eigenvalue weighted by atomic mass is 9.87. The molecule has 0 bridgehead atoms. The molecule has 0 aliphatic heterocycles. The van der Waals surface area contributed by atoms with E-state index in [9.17, 15) is 9.59 Å². The van der Waals surface area contributed by atoms with Gasteiger partial charge in [0.15, 0.2) is 0 Å². The Balaban J connectivity index is 2.41. The normalized spacial score (nSPS) is 17.6. The summed E-state index contributed by atoms with van der Waals surface area (Å²) in [6, 6.07) is 0. The molecule has 4 nitrogen and oxygen atoms in total. The van der Waals surface area contributed by atoms with Crippen molar-refractivity contribution in [3.8, 4) is 0 Å². The van der Waals surface area contributed by atoms with Crippen LogP contribution in [0.25, 0.3) is 0 Å². The van der Waals surface area contributed by atoms with E-state index in [1.54, 1.807) is 11.3 Å². The van der Waals surface area contributed by atoms with Crippen LogP contribution in [0.5, 0.6) is 0 Å². The predicted molar refractivity (Wildman–Crippen MR) is 96.3 cm³/mol. The molecule has 3 N–H and O–H groups in total. The van der Waals surface area contributed by atoms with Crippen molar-refractivity contribution in [2.24, 2.45) is 11.7 Å². The minimum absolute atomic E-state index is 0.382. The zero-order valence-electron chi connectivity index (χ0n) is 14.4. The molecule has 0 spiro atoms. The summed E-state index contributed by atoms with van der Waals surface area (Å²) in [4.78, 5) is 25.1. The van der Waals surface area contributed by atoms with Crippen LogP contribution in [0, 0.1) is 5.92 Å². The van der Waals surface area contributed by atoms with Crippen LogP contribution in [0.4, 0.5) is 5.00 Å². The molecule has 1 aliphatic rings. The first-order valence-electron chi connectivity index (χ1n) is 8.65. The van der Waals surface area contributed by atoms with Gasteiger partial charge in [-0.15, -0.1) is 11.3 Å². The molecule has 1 unspecified atom stereocenters. The standard InChI is InChI=1S/C18H28N2O2S/c1-4-8-18(11-21,9-5-2)20-17-15(16(19)22)13-7-6-12(3)10-14(13)23-17/h11-12,20H,4-10H2,1-3H3,(H2,19,22). The van der Waals surface area contributed by atoms with Gasteiger partial charge in [-0.1, -0.05) is 33.6 Å². The van der Waals surface area contributed by atoms with Crippen LogP contribution in [-0.2, 0) is 17.6 Å². The number of carbonyl (C=O) groups is 2. The van der Waals surface area contributed by atoms with Crippen molar-refractivity contribution in [1.82, 2.24) is 0 Å². The van der Waals surface area contributed by atoms with E-state index in [0.717, 1.165) is 61.8 Å². The van der Waals surface area contributed by atoms with Gasteiger partial charge in [0.25, 0.3) is 5.91 Å². The van der Waals surface area contributed by atoms with E-state index in [1.165, 1.54) is 4.88 Å². The second kappa shape index (κ2) is 7.47. The van der Waals surface area contributed by atoms with Crippen LogP contribution in [0.15, 0.2) is 0 Å². The zero-order chi connectivity index (χ0) is 17.0. The minimum atomic E-state index is -0.591. The number of anilines is 1. The fourth-order valence-corrected chi connectivity index (χ4v) is 5.14. The van der Waals surface area contributed by atoms with Crippen molar-refractivity contribution in [3.63, 3.8) is 0 Å². The number of thiophene rings is 1. The molecule has 1 aromatic heterocycles. The molecular formula is C18H28N2O2S. The maximum absolute atomic E-state index is 12.0. The molecule has 0 aromatic carbocycles. The zero-order valence-corrected chi connectivity index (χ0v) is 15.2. The SMILES string of the molecule is CCCC(C=O)(CCC)Nc1sc2c(c1C(N)=O)CCC(C)C2. The van der Waals surface area contributed by atoms with Gasteiger partial charge in [0.1, 0.15) is 11.3 Å². The van der Waals surface area contributed by atoms with Gasteiger partial charge in [0.2, 0.25) is 0 Å². The summed E-state index contributed by atoms with van der Waals surface area (Å²) in [7, 11) is 0. The summed E-state index contributed by atoms with van der Waals surface area (Å²) >= 11 is 1.62. The molecule has 5 heteroatoms. The van der Waals surface area contributed by atoms with E-state index >= 15 is 0 Å². The average molecular weight is 337 g/mol. The fraction of sp³-hybridized carbons (Fsp3) is 0.667. The van der Waals surface area contributed by atoms with Gasteiger partial charge < -0.3 is 15.8 Å². The van der Waals surface area contributed by atoms with E-state index in [-0.39, 0.29) is 5.91 Å². The predicted octanol–water partition coefficient (Wildman–Crippen LogP) is 3.92. The Morgan fingerprint density at radius 2 is 2.04 bits per heavy atom. The maximum Gasteiger partial charge on any atom is 0.251 e. The Hall–Kier alpha value is -1.36. The third-order valence-electron chi connectivity index (χ3n) is 4.74. The molecule has 0 saturated carbocycles. The van der Waals surface area contributed by atoms with E-state index in [2.05, 4.69) is 26.1 Å². The summed E-state index contributed by atoms with van der Waals surface area (Å²) < 4.78 is 0. The van der Waals surface area contributed by atoms with Crippen molar-refractivity contribution in [2.45, 2.75) is 71.3 Å². The Labute approximate surface area is 142 Å². The Morgan fingerprint density at radius 1 is 1.39 bits per heavy atom. The largest absolute Gasteiger partial charge is 0.365 e. The van der Waals surface area contributed by atoms with Crippen LogP contribution in [0.3, 0.4) is 0 Å². The first-order valence-corrected chi connectivity index (χ1v) is 9.46. The van der Waals surface area contributed by atoms with Gasteiger partial charge >= 0.3 is 0 Å². The average Bonchev–Trinajstić information content (AvgIpc) is 2.84. The third kappa shape index (κ3) is 3.77. The van der Waals surface area contributed by atoms with Gasteiger partial charge in [-0.3, -0.25) is 4.79 Å². The molecule has 0 fully saturated rings. The number of carbonyl (C=O) groups excluding carboxylic acids is 2. The second-order valence-corrected chi connectivity index (χ2v) is 7.92. The molecule has 128 valence electrons. The van der Waals surface area contributed by atoms with Gasteiger partial charge in [-0.05, 0) is 43.6 Å². The highest BCUT2D eigenvalue weighted by Crippen LogP contribution is 2.41. The molecule has 2 rings (SSSR count). The van der Waals surface area contributed by atoms with Crippen molar-refractivity contribution in [3.05, 3.63) is 16.0 Å². The molecule has 1 aromatic rings. The lowest BCUT2D eigenvalue weighted by Crippen LogP contribution is -2.40. The number of primary amides is 1. The van der Waals surface area contributed by atoms with E-state index in [1.807, 2.05) is 0 Å². The summed E-state index contributed by atoms with van der Waals surface area (Å²) in [6.45, 7) is 6.39. The Morgan fingerprint density at radius 3 is 2.57 bits per heavy atom. The quantitative estimate of drug-likeness (QED) is 0.707. The number of nitrogens with two attached hydrogens (primary N) is 1. The van der Waals surface area contributed by atoms with Crippen molar-refractivity contribution in [2.75, 3.05) is 5.32 Å². The van der Waals surface area contributed by atoms with Crippen LogP contribution in [-0.4, -0.2) is 17.7 Å². The van der Waals surface area contributed by atoms with Crippen LogP contribution < -0.4 is 11.1 Å². The van der Waals surface area contributed by atoms with Gasteiger partial charge in [-0.2, -0.15) is 0 Å². The number of rotatable bonds is 8. The smallest absolute Gasteiger partial charge is 0.251 e. The molecular weight excluding hydrogens is 308 g/mol. The number of aldehydes is 1. The Kier molecular flexibility index (Phi) is 5.84. The van der Waals surface area contributed by atoms with Crippen LogP contribution >= 0.6 is 11.3 Å². The first-order chi connectivity index (χ1) is 11.0. The second-order valence-electron chi connectivity index (χ2n) is 6.82. The lowest BCUT2D eigenvalue weighted by Gasteiger charge is -2.29. The highest BCUT2D eigenvalue weighted by atomic mass is 32.1. The highest BCUT2D eigenvalue weighted by molar-refractivity contribution is 7.16. The molecule has 0 radical (unpaired) electrons. The molecule has 1 atom stereocenters. The highest BCUT2D eigenvalue weighted by Gasteiger charge is 2.33. The molecule has 1 amide bonds. The van der Waals surface area contributed by atoms with Gasteiger partial charge in [0, 0.05) is 4.88 Å². The minimum Gasteiger partial charge on any atom is -0.365 e. The first kappa shape index (κ1) is 18.0. The monoisotopic (exact) mass is 336 g/mol. The number of fused-ring (bicyclic) bond motifs is 1. The molecule has 1 heterocycles. The van der Waals surface area contributed by atoms with Crippen LogP contribution in [0.1, 0.15) is 73.7 Å². The van der Waals surface area contributed by atoms with Crippen molar-refractivity contribution < 1.29 is 9.59 Å². The lowest BCUT2D eigenvalue weighted by molar-refractivity contribution is -0.112. The molecule has 23 heavy (non-hydrogen) atoms. The van der Waals surface area contributed by atoms with Gasteiger partial charge in [0.05, 0.1) is 11.1 Å². The van der Waals surface area contributed by atoms with E-state index in [4.69, 9.17) is 5.73 Å². The summed E-state index contributed by atoms with van der Waals surface area (Å²) in [5, 5.41) is 4.21. The topological polar surface area (TPSA) is 72.2 Å². The fourth-order valence-electron chi connectivity index (χ4n) is 3.62. The molecule has 1 aliphatic carbocycles. The van der Waals surface area contributed by atoms with E-state index in [0.29, 0.717) is 11.5 Å². The number of nitrogens with one attached hydrogen (secondary N) is 1. The summed E-state index contributed by atoms with van der Waals surface area (Å²) in [6.07, 6.45) is 7.38. The van der Waals surface area contributed by atoms with E-state index < -0.39 is 5.54 Å². The van der Waals surface area contributed by atoms with Gasteiger partial charge in [-0.25, -0.2) is 0 Å². The van der Waals surface area contributed by atoms with Crippen molar-refractivity contribution in [1.29, 1.82) is 0 Å². The maximum atomic E-state index is 12.0. The summed E-state index contributed by atoms with van der Waals surface area (Å²) in [5.41, 5.74) is 6.80. The Bertz CT molecular complexity index is 574. The number of hydrogen-bond acceptors (Lipinski definition) is 4.